The van der Waals surface area contributed by atoms with Crippen LogP contribution in [0.3, 0.4) is 0 Å². The molecule has 1 aromatic rings. The van der Waals surface area contributed by atoms with Gasteiger partial charge in [0.15, 0.2) is 0 Å². The largest absolute Gasteiger partial charge is 0.337 e. The van der Waals surface area contributed by atoms with E-state index in [2.05, 4.69) is 5.32 Å². The third kappa shape index (κ3) is 3.35. The highest BCUT2D eigenvalue weighted by molar-refractivity contribution is 6.30. The highest BCUT2D eigenvalue weighted by Gasteiger charge is 2.23. The van der Waals surface area contributed by atoms with Crippen LogP contribution in [0.2, 0.25) is 5.02 Å². The summed E-state index contributed by atoms with van der Waals surface area (Å²) in [5, 5.41) is 3.85. The number of rotatable bonds is 2. The zero-order chi connectivity index (χ0) is 11.5. The molecule has 1 amide bonds. The van der Waals surface area contributed by atoms with Crippen LogP contribution in [0.1, 0.15) is 16.8 Å². The predicted octanol–water partition coefficient (Wildman–Crippen LogP) is 2.20. The Kier molecular flexibility index (Phi) is 5.25. The lowest BCUT2D eigenvalue weighted by atomic mass is 10.1. The van der Waals surface area contributed by atoms with E-state index in [1.54, 1.807) is 29.2 Å². The lowest BCUT2D eigenvalue weighted by molar-refractivity contribution is 0.0744. The summed E-state index contributed by atoms with van der Waals surface area (Å²) in [5.74, 6) is 0.0381. The molecule has 2 rings (SSSR count). The third-order valence-corrected chi connectivity index (χ3v) is 3.21. The quantitative estimate of drug-likeness (QED) is 0.897. The van der Waals surface area contributed by atoms with Crippen molar-refractivity contribution in [3.63, 3.8) is 0 Å². The predicted molar refractivity (Wildman–Crippen MR) is 72.1 cm³/mol. The number of carbonyl (C=O) groups is 1. The molecule has 0 radical (unpaired) electrons. The van der Waals surface area contributed by atoms with Crippen molar-refractivity contribution in [3.05, 3.63) is 34.9 Å². The number of hydrogen-bond donors (Lipinski definition) is 1. The summed E-state index contributed by atoms with van der Waals surface area (Å²) in [6.45, 7) is 1.86. The summed E-state index contributed by atoms with van der Waals surface area (Å²) >= 11 is 5.87. The maximum Gasteiger partial charge on any atom is 0.253 e. The molecule has 0 bridgehead atoms. The fourth-order valence-corrected chi connectivity index (χ4v) is 2.15. The summed E-state index contributed by atoms with van der Waals surface area (Å²) in [6.07, 6.45) is 1.02. The van der Waals surface area contributed by atoms with Crippen molar-refractivity contribution in [2.45, 2.75) is 12.5 Å². The van der Waals surface area contributed by atoms with E-state index in [4.69, 9.17) is 11.6 Å². The van der Waals surface area contributed by atoms with Gasteiger partial charge in [-0.2, -0.15) is 0 Å². The Labute approximate surface area is 113 Å². The number of carbonyl (C=O) groups excluding carboxylic acids is 1. The Hall–Kier alpha value is -0.770. The maximum absolute atomic E-state index is 12.1. The summed E-state index contributed by atoms with van der Waals surface area (Å²) in [6, 6.07) is 7.38. The van der Waals surface area contributed by atoms with Gasteiger partial charge in [0.05, 0.1) is 0 Å². The van der Waals surface area contributed by atoms with Gasteiger partial charge in [-0.3, -0.25) is 4.79 Å². The number of nitrogens with one attached hydrogen (secondary N) is 1. The van der Waals surface area contributed by atoms with Crippen LogP contribution < -0.4 is 5.32 Å². The summed E-state index contributed by atoms with van der Waals surface area (Å²) < 4.78 is 0. The van der Waals surface area contributed by atoms with Crippen molar-refractivity contribution in [1.82, 2.24) is 10.2 Å². The number of hydrogen-bond acceptors (Lipinski definition) is 2. The number of likely N-dealkylation sites (N-methyl/N-ethyl adjacent to an activating group) is 1. The van der Waals surface area contributed by atoms with Gasteiger partial charge in [0, 0.05) is 30.2 Å². The SMILES string of the molecule is CN(C(=O)c1cccc(Cl)c1)C1CCNC1.Cl. The van der Waals surface area contributed by atoms with E-state index in [0.717, 1.165) is 19.5 Å². The minimum Gasteiger partial charge on any atom is -0.337 e. The van der Waals surface area contributed by atoms with E-state index in [1.165, 1.54) is 0 Å². The molecule has 17 heavy (non-hydrogen) atoms. The smallest absolute Gasteiger partial charge is 0.253 e. The fourth-order valence-electron chi connectivity index (χ4n) is 1.96. The third-order valence-electron chi connectivity index (χ3n) is 2.97. The van der Waals surface area contributed by atoms with E-state index < -0.39 is 0 Å². The van der Waals surface area contributed by atoms with Crippen LogP contribution in [0.5, 0.6) is 0 Å². The number of halogens is 2. The van der Waals surface area contributed by atoms with Crippen molar-refractivity contribution < 1.29 is 4.79 Å². The molecule has 1 aliphatic rings. The van der Waals surface area contributed by atoms with E-state index in [1.807, 2.05) is 7.05 Å². The first kappa shape index (κ1) is 14.3. The Morgan fingerprint density at radius 1 is 1.53 bits per heavy atom. The van der Waals surface area contributed by atoms with Gasteiger partial charge in [-0.15, -0.1) is 12.4 Å². The van der Waals surface area contributed by atoms with E-state index in [-0.39, 0.29) is 18.3 Å². The standard InChI is InChI=1S/C12H15ClN2O.ClH/c1-15(11-5-6-14-8-11)12(16)9-3-2-4-10(13)7-9;/h2-4,7,11,14H,5-6,8H2,1H3;1H. The molecular weight excluding hydrogens is 259 g/mol. The van der Waals surface area contributed by atoms with Gasteiger partial charge >= 0.3 is 0 Å². The number of nitrogens with zero attached hydrogens (tertiary/aromatic N) is 1. The molecule has 1 unspecified atom stereocenters. The molecule has 1 heterocycles. The zero-order valence-corrected chi connectivity index (χ0v) is 11.2. The van der Waals surface area contributed by atoms with Crippen LogP contribution in [0, 0.1) is 0 Å². The minimum atomic E-state index is 0. The van der Waals surface area contributed by atoms with Gasteiger partial charge in [-0.1, -0.05) is 17.7 Å². The van der Waals surface area contributed by atoms with Crippen molar-refractivity contribution in [1.29, 1.82) is 0 Å². The molecule has 0 saturated carbocycles. The molecule has 1 N–H and O–H groups in total. The average molecular weight is 275 g/mol. The van der Waals surface area contributed by atoms with Gasteiger partial charge in [0.1, 0.15) is 0 Å². The second-order valence-electron chi connectivity index (χ2n) is 4.07. The second kappa shape index (κ2) is 6.24. The van der Waals surface area contributed by atoms with Crippen LogP contribution >= 0.6 is 24.0 Å². The molecule has 0 aliphatic carbocycles. The first-order valence-electron chi connectivity index (χ1n) is 5.42. The average Bonchev–Trinajstić information content (AvgIpc) is 2.80. The molecule has 5 heteroatoms. The molecule has 1 atom stereocenters. The van der Waals surface area contributed by atoms with Crippen molar-refractivity contribution in [3.8, 4) is 0 Å². The highest BCUT2D eigenvalue weighted by Crippen LogP contribution is 2.15. The summed E-state index contributed by atoms with van der Waals surface area (Å²) in [5.41, 5.74) is 0.655. The zero-order valence-electron chi connectivity index (χ0n) is 9.65. The summed E-state index contributed by atoms with van der Waals surface area (Å²) in [4.78, 5) is 13.9. The van der Waals surface area contributed by atoms with Crippen LogP contribution in [0.15, 0.2) is 24.3 Å². The molecule has 1 fully saturated rings. The monoisotopic (exact) mass is 274 g/mol. The molecule has 0 aromatic heterocycles. The van der Waals surface area contributed by atoms with E-state index in [0.29, 0.717) is 16.6 Å². The summed E-state index contributed by atoms with van der Waals surface area (Å²) in [7, 11) is 1.85. The molecule has 0 spiro atoms. The molecular formula is C12H16Cl2N2O. The normalized spacial score (nSPS) is 18.6. The molecule has 1 aliphatic heterocycles. The van der Waals surface area contributed by atoms with Crippen LogP contribution in [0.25, 0.3) is 0 Å². The van der Waals surface area contributed by atoms with Gasteiger partial charge in [0.2, 0.25) is 0 Å². The topological polar surface area (TPSA) is 32.3 Å². The molecule has 3 nitrogen and oxygen atoms in total. The molecule has 94 valence electrons. The molecule has 1 saturated heterocycles. The second-order valence-corrected chi connectivity index (χ2v) is 4.51. The van der Waals surface area contributed by atoms with Gasteiger partial charge in [-0.05, 0) is 31.2 Å². The minimum absolute atomic E-state index is 0. The van der Waals surface area contributed by atoms with Gasteiger partial charge in [0.25, 0.3) is 5.91 Å². The first-order valence-corrected chi connectivity index (χ1v) is 5.80. The maximum atomic E-state index is 12.1. The van der Waals surface area contributed by atoms with Crippen LogP contribution in [0.4, 0.5) is 0 Å². The number of amides is 1. The lowest BCUT2D eigenvalue weighted by Crippen LogP contribution is -2.38. The van der Waals surface area contributed by atoms with Crippen LogP contribution in [-0.4, -0.2) is 37.0 Å². The highest BCUT2D eigenvalue weighted by atomic mass is 35.5. The van der Waals surface area contributed by atoms with Gasteiger partial charge in [-0.25, -0.2) is 0 Å². The van der Waals surface area contributed by atoms with Crippen molar-refractivity contribution >= 4 is 29.9 Å². The Balaban J connectivity index is 0.00000144. The van der Waals surface area contributed by atoms with E-state index >= 15 is 0 Å². The van der Waals surface area contributed by atoms with Gasteiger partial charge < -0.3 is 10.2 Å². The van der Waals surface area contributed by atoms with Crippen molar-refractivity contribution in [2.24, 2.45) is 0 Å². The first-order chi connectivity index (χ1) is 7.68. The Morgan fingerprint density at radius 3 is 2.88 bits per heavy atom. The van der Waals surface area contributed by atoms with E-state index in [9.17, 15) is 4.79 Å². The fraction of sp³-hybridized carbons (Fsp3) is 0.417. The Bertz CT molecular complexity index is 392. The molecule has 1 aromatic carbocycles. The van der Waals surface area contributed by atoms with Crippen molar-refractivity contribution in [2.75, 3.05) is 20.1 Å². The number of benzene rings is 1. The lowest BCUT2D eigenvalue weighted by Gasteiger charge is -2.23. The van der Waals surface area contributed by atoms with Crippen LogP contribution in [-0.2, 0) is 0 Å². The Morgan fingerprint density at radius 2 is 2.29 bits per heavy atom.